The summed E-state index contributed by atoms with van der Waals surface area (Å²) in [5.41, 5.74) is 17.0. The van der Waals surface area contributed by atoms with Gasteiger partial charge in [-0.25, -0.2) is 0 Å². The normalized spacial score (nSPS) is 13.5. The highest BCUT2D eigenvalue weighted by Gasteiger charge is 2.38. The first-order valence-electron chi connectivity index (χ1n) is 18.7. The van der Waals surface area contributed by atoms with Gasteiger partial charge in [-0.15, -0.1) is 0 Å². The van der Waals surface area contributed by atoms with Gasteiger partial charge in [0.15, 0.2) is 0 Å². The van der Waals surface area contributed by atoms with Gasteiger partial charge in [0.05, 0.1) is 11.0 Å². The van der Waals surface area contributed by atoms with Gasteiger partial charge in [0.1, 0.15) is 22.3 Å². The third kappa shape index (κ3) is 3.96. The Morgan fingerprint density at radius 2 is 1.06 bits per heavy atom. The molecule has 0 atom stereocenters. The molecule has 0 unspecified atom stereocenters. The van der Waals surface area contributed by atoms with Crippen LogP contribution in [-0.2, 0) is 5.41 Å². The van der Waals surface area contributed by atoms with E-state index < -0.39 is 0 Å². The molecule has 3 heterocycles. The van der Waals surface area contributed by atoms with Crippen LogP contribution in [0.4, 0.5) is 0 Å². The molecule has 3 nitrogen and oxygen atoms in total. The molecule has 1 aliphatic carbocycles. The lowest BCUT2D eigenvalue weighted by molar-refractivity contribution is 0.657. The van der Waals surface area contributed by atoms with Crippen molar-refractivity contribution in [1.82, 2.24) is 4.57 Å². The van der Waals surface area contributed by atoms with E-state index in [1.807, 2.05) is 12.1 Å². The van der Waals surface area contributed by atoms with Crippen LogP contribution in [0.1, 0.15) is 25.0 Å². The van der Waals surface area contributed by atoms with Gasteiger partial charge in [-0.1, -0.05) is 117 Å². The van der Waals surface area contributed by atoms with Crippen molar-refractivity contribution in [2.45, 2.75) is 19.3 Å². The zero-order valence-corrected chi connectivity index (χ0v) is 29.9. The summed E-state index contributed by atoms with van der Waals surface area (Å²) in [6.45, 7) is 4.73. The number of para-hydroxylation sites is 4. The molecule has 11 aromatic rings. The summed E-state index contributed by atoms with van der Waals surface area (Å²) in [7, 11) is 0. The third-order valence-corrected chi connectivity index (χ3v) is 12.0. The second-order valence-corrected chi connectivity index (χ2v) is 15.3. The van der Waals surface area contributed by atoms with Crippen LogP contribution in [0.15, 0.2) is 173 Å². The van der Waals surface area contributed by atoms with E-state index in [1.54, 1.807) is 0 Å². The van der Waals surface area contributed by atoms with Gasteiger partial charge in [0.2, 0.25) is 0 Å². The monoisotopic (exact) mass is 691 g/mol. The van der Waals surface area contributed by atoms with E-state index in [2.05, 4.69) is 170 Å². The smallest absolute Gasteiger partial charge is 0.143 e. The number of nitrogens with zero attached hydrogens (tertiary/aromatic N) is 1. The fourth-order valence-electron chi connectivity index (χ4n) is 9.50. The lowest BCUT2D eigenvalue weighted by atomic mass is 9.80. The van der Waals surface area contributed by atoms with Crippen LogP contribution in [0.5, 0.6) is 0 Å². The Labute approximate surface area is 311 Å². The van der Waals surface area contributed by atoms with E-state index in [9.17, 15) is 0 Å². The average Bonchev–Trinajstić information content (AvgIpc) is 3.94. The topological polar surface area (TPSA) is 31.2 Å². The second kappa shape index (κ2) is 10.6. The van der Waals surface area contributed by atoms with Crippen molar-refractivity contribution < 1.29 is 8.83 Å². The number of aromatic nitrogens is 1. The van der Waals surface area contributed by atoms with Crippen LogP contribution in [-0.4, -0.2) is 4.57 Å². The SMILES string of the molecule is CC1(C)c2cc(-c3ccc4c(c3)c3cc(-c5cccc6c5oc5ccccc56)ccc3n4-c3ccccc3)ccc2-c2ccc3oc4ccccc4c3c21. The Kier molecular flexibility index (Phi) is 5.84. The molecular formula is C51H33NO2. The molecule has 0 fully saturated rings. The summed E-state index contributed by atoms with van der Waals surface area (Å²) in [5.74, 6) is 0. The van der Waals surface area contributed by atoms with Crippen LogP contribution in [0.25, 0.3) is 105 Å². The molecule has 0 amide bonds. The molecule has 3 aromatic heterocycles. The number of fused-ring (bicyclic) bond motifs is 13. The van der Waals surface area contributed by atoms with Crippen molar-refractivity contribution in [2.75, 3.05) is 0 Å². The number of hydrogen-bond acceptors (Lipinski definition) is 2. The van der Waals surface area contributed by atoms with Gasteiger partial charge in [-0.2, -0.15) is 0 Å². The zero-order valence-electron chi connectivity index (χ0n) is 29.9. The molecular weight excluding hydrogens is 659 g/mol. The van der Waals surface area contributed by atoms with Crippen molar-refractivity contribution in [3.05, 3.63) is 175 Å². The van der Waals surface area contributed by atoms with Crippen LogP contribution in [0.2, 0.25) is 0 Å². The predicted molar refractivity (Wildman–Crippen MR) is 224 cm³/mol. The minimum absolute atomic E-state index is 0.202. The Bertz CT molecular complexity index is 3350. The molecule has 0 radical (unpaired) electrons. The van der Waals surface area contributed by atoms with E-state index in [-0.39, 0.29) is 5.41 Å². The maximum Gasteiger partial charge on any atom is 0.143 e. The Balaban J connectivity index is 1.05. The quantitative estimate of drug-likeness (QED) is 0.185. The van der Waals surface area contributed by atoms with Gasteiger partial charge >= 0.3 is 0 Å². The summed E-state index contributed by atoms with van der Waals surface area (Å²) in [6.07, 6.45) is 0. The van der Waals surface area contributed by atoms with Crippen LogP contribution >= 0.6 is 0 Å². The van der Waals surface area contributed by atoms with E-state index in [1.165, 1.54) is 66.0 Å². The minimum atomic E-state index is -0.202. The van der Waals surface area contributed by atoms with Gasteiger partial charge in [-0.3, -0.25) is 0 Å². The number of furan rings is 2. The molecule has 12 rings (SSSR count). The molecule has 0 N–H and O–H groups in total. The van der Waals surface area contributed by atoms with Crippen molar-refractivity contribution in [3.8, 4) is 39.1 Å². The molecule has 8 aromatic carbocycles. The number of hydrogen-bond donors (Lipinski definition) is 0. The fraction of sp³-hybridized carbons (Fsp3) is 0.0588. The summed E-state index contributed by atoms with van der Waals surface area (Å²) >= 11 is 0. The van der Waals surface area contributed by atoms with Gasteiger partial charge in [-0.05, 0) is 99.6 Å². The minimum Gasteiger partial charge on any atom is -0.456 e. The fourth-order valence-corrected chi connectivity index (χ4v) is 9.50. The number of benzene rings is 8. The van der Waals surface area contributed by atoms with E-state index >= 15 is 0 Å². The lowest BCUT2D eigenvalue weighted by Crippen LogP contribution is -2.15. The van der Waals surface area contributed by atoms with Crippen molar-refractivity contribution in [2.24, 2.45) is 0 Å². The predicted octanol–water partition coefficient (Wildman–Crippen LogP) is 14.2. The van der Waals surface area contributed by atoms with Crippen molar-refractivity contribution in [3.63, 3.8) is 0 Å². The zero-order chi connectivity index (χ0) is 35.7. The van der Waals surface area contributed by atoms with Gasteiger partial charge in [0, 0.05) is 49.0 Å². The van der Waals surface area contributed by atoms with Crippen molar-refractivity contribution in [1.29, 1.82) is 0 Å². The molecule has 0 bridgehead atoms. The van der Waals surface area contributed by atoms with Gasteiger partial charge in [0.25, 0.3) is 0 Å². The van der Waals surface area contributed by atoms with Crippen molar-refractivity contribution >= 4 is 65.7 Å². The lowest BCUT2D eigenvalue weighted by Gasteiger charge is -2.23. The summed E-state index contributed by atoms with van der Waals surface area (Å²) in [5, 5.41) is 7.13. The van der Waals surface area contributed by atoms with Crippen LogP contribution in [0, 0.1) is 0 Å². The van der Waals surface area contributed by atoms with E-state index in [4.69, 9.17) is 8.83 Å². The molecule has 0 spiro atoms. The maximum atomic E-state index is 6.50. The van der Waals surface area contributed by atoms with E-state index in [0.717, 1.165) is 49.9 Å². The average molecular weight is 692 g/mol. The molecule has 254 valence electrons. The van der Waals surface area contributed by atoms with Gasteiger partial charge < -0.3 is 13.4 Å². The van der Waals surface area contributed by atoms with Crippen LogP contribution in [0.3, 0.4) is 0 Å². The highest BCUT2D eigenvalue weighted by atomic mass is 16.3. The Hall–Kier alpha value is -6.84. The summed E-state index contributed by atoms with van der Waals surface area (Å²) < 4.78 is 15.2. The molecule has 0 aliphatic heterocycles. The maximum absolute atomic E-state index is 6.50. The highest BCUT2D eigenvalue weighted by Crippen LogP contribution is 2.54. The summed E-state index contributed by atoms with van der Waals surface area (Å²) in [6, 6.07) is 59.2. The highest BCUT2D eigenvalue weighted by molar-refractivity contribution is 6.14. The molecule has 0 saturated heterocycles. The van der Waals surface area contributed by atoms with E-state index in [0.29, 0.717) is 0 Å². The molecule has 54 heavy (non-hydrogen) atoms. The first-order chi connectivity index (χ1) is 26.5. The third-order valence-electron chi connectivity index (χ3n) is 12.0. The second-order valence-electron chi connectivity index (χ2n) is 15.3. The molecule has 1 aliphatic rings. The Morgan fingerprint density at radius 1 is 0.426 bits per heavy atom. The largest absolute Gasteiger partial charge is 0.456 e. The summed E-state index contributed by atoms with van der Waals surface area (Å²) in [4.78, 5) is 0. The first kappa shape index (κ1) is 29.7. The molecule has 3 heteroatoms. The molecule has 0 saturated carbocycles. The first-order valence-corrected chi connectivity index (χ1v) is 18.7. The Morgan fingerprint density at radius 3 is 1.87 bits per heavy atom. The standard InChI is InChI=1S/C51H33NO2/c1-51(2)42-29-31(19-22-35(42)37-23-26-47-48(49(37)51)39-14-7-9-18-46(39)53-47)30-20-24-43-40(27-30)41-28-32(21-25-44(41)52(43)33-11-4-3-5-12-33)34-15-10-16-38-36-13-6-8-17-45(36)54-50(34)38/h3-29H,1-2H3. The van der Waals surface area contributed by atoms with Crippen LogP contribution < -0.4 is 0 Å². The number of rotatable bonds is 3.